The molecule has 0 saturated carbocycles. The van der Waals surface area contributed by atoms with Gasteiger partial charge < -0.3 is 40.3 Å². The van der Waals surface area contributed by atoms with Crippen LogP contribution < -0.4 is 5.32 Å². The summed E-state index contributed by atoms with van der Waals surface area (Å²) in [6.45, 7) is 3.78. The molecule has 386 valence electrons. The lowest BCUT2D eigenvalue weighted by molar-refractivity contribution is -0.302. The summed E-state index contributed by atoms with van der Waals surface area (Å²) in [4.78, 5) is 13.0. The van der Waals surface area contributed by atoms with Crippen LogP contribution in [0.25, 0.3) is 0 Å². The number of allylic oxidation sites excluding steroid dienone is 1. The standard InChI is InChI=1S/C56H109NO8/c1-3-5-7-9-11-13-15-16-17-18-19-20-21-22-23-24-25-26-27-28-29-30-31-32-33-34-35-36-38-40-42-44-46-52(60)57-49(48-64-56-55(63)54(62)53(61)51(47-58)65-56)50(59)45-43-41-39-37-14-12-10-8-6-4-2/h43,45,49-51,53-56,58-59,61-63H,3-42,44,46-48H2,1-2H3,(H,57,60)/b45-43+/t49-,50+,51+,53-,54?,55?,56+/m0/s1. The average molecular weight is 924 g/mol. The van der Waals surface area contributed by atoms with Crippen LogP contribution >= 0.6 is 0 Å². The highest BCUT2D eigenvalue weighted by Crippen LogP contribution is 2.23. The van der Waals surface area contributed by atoms with Crippen molar-refractivity contribution in [3.05, 3.63) is 12.2 Å². The van der Waals surface area contributed by atoms with Gasteiger partial charge in [-0.2, -0.15) is 0 Å². The largest absolute Gasteiger partial charge is 0.394 e. The number of rotatable bonds is 49. The van der Waals surface area contributed by atoms with E-state index in [1.807, 2.05) is 6.08 Å². The van der Waals surface area contributed by atoms with E-state index in [4.69, 9.17) is 9.47 Å². The molecule has 0 spiro atoms. The molecule has 0 aliphatic carbocycles. The number of amides is 1. The maximum Gasteiger partial charge on any atom is 0.220 e. The molecule has 9 heteroatoms. The van der Waals surface area contributed by atoms with Crippen LogP contribution in [0.1, 0.15) is 284 Å². The summed E-state index contributed by atoms with van der Waals surface area (Å²) in [5.41, 5.74) is 0. The predicted octanol–water partition coefficient (Wildman–Crippen LogP) is 13.6. The lowest BCUT2D eigenvalue weighted by Crippen LogP contribution is -2.60. The van der Waals surface area contributed by atoms with Gasteiger partial charge in [0.2, 0.25) is 5.91 Å². The molecule has 2 unspecified atom stereocenters. The van der Waals surface area contributed by atoms with E-state index in [1.54, 1.807) is 6.08 Å². The summed E-state index contributed by atoms with van der Waals surface area (Å²) in [7, 11) is 0. The zero-order valence-corrected chi connectivity index (χ0v) is 42.8. The van der Waals surface area contributed by atoms with Gasteiger partial charge in [0.25, 0.3) is 0 Å². The Kier molecular flexibility index (Phi) is 44.5. The van der Waals surface area contributed by atoms with Gasteiger partial charge in [-0.15, -0.1) is 0 Å². The third-order valence-corrected chi connectivity index (χ3v) is 13.9. The third kappa shape index (κ3) is 36.6. The minimum absolute atomic E-state index is 0.173. The third-order valence-electron chi connectivity index (χ3n) is 13.9. The van der Waals surface area contributed by atoms with E-state index in [-0.39, 0.29) is 12.5 Å². The number of nitrogens with one attached hydrogen (secondary N) is 1. The molecule has 7 atom stereocenters. The smallest absolute Gasteiger partial charge is 0.220 e. The Morgan fingerprint density at radius 3 is 1.20 bits per heavy atom. The number of unbranched alkanes of at least 4 members (excludes halogenated alkanes) is 39. The van der Waals surface area contributed by atoms with Crippen LogP contribution in [0, 0.1) is 0 Å². The zero-order valence-electron chi connectivity index (χ0n) is 42.8. The van der Waals surface area contributed by atoms with Crippen LogP contribution in [0.15, 0.2) is 12.2 Å². The highest BCUT2D eigenvalue weighted by atomic mass is 16.7. The Morgan fingerprint density at radius 2 is 0.846 bits per heavy atom. The molecule has 1 saturated heterocycles. The molecule has 1 aliphatic rings. The first kappa shape index (κ1) is 61.9. The van der Waals surface area contributed by atoms with Gasteiger partial charge >= 0.3 is 0 Å². The van der Waals surface area contributed by atoms with E-state index in [2.05, 4.69) is 19.2 Å². The van der Waals surface area contributed by atoms with Gasteiger partial charge in [-0.1, -0.05) is 270 Å². The normalized spacial score (nSPS) is 19.9. The van der Waals surface area contributed by atoms with Crippen LogP contribution in [0.2, 0.25) is 0 Å². The van der Waals surface area contributed by atoms with E-state index in [1.165, 1.54) is 225 Å². The average Bonchev–Trinajstić information content (AvgIpc) is 3.31. The Morgan fingerprint density at radius 1 is 0.508 bits per heavy atom. The second kappa shape index (κ2) is 46.6. The monoisotopic (exact) mass is 924 g/mol. The van der Waals surface area contributed by atoms with E-state index in [9.17, 15) is 30.3 Å². The fourth-order valence-corrected chi connectivity index (χ4v) is 9.34. The minimum atomic E-state index is -1.56. The number of carbonyl (C=O) groups is 1. The molecule has 0 aromatic heterocycles. The van der Waals surface area contributed by atoms with Crippen molar-refractivity contribution in [2.24, 2.45) is 0 Å². The van der Waals surface area contributed by atoms with Crippen molar-refractivity contribution in [3.63, 3.8) is 0 Å². The number of hydrogen-bond donors (Lipinski definition) is 6. The molecule has 1 amide bonds. The second-order valence-corrected chi connectivity index (χ2v) is 20.1. The van der Waals surface area contributed by atoms with Crippen molar-refractivity contribution in [1.82, 2.24) is 5.32 Å². The molecule has 1 fully saturated rings. The van der Waals surface area contributed by atoms with Crippen molar-refractivity contribution in [2.75, 3.05) is 13.2 Å². The number of aliphatic hydroxyl groups excluding tert-OH is 5. The fourth-order valence-electron chi connectivity index (χ4n) is 9.34. The van der Waals surface area contributed by atoms with Gasteiger partial charge in [0, 0.05) is 6.42 Å². The molecule has 1 rings (SSSR count). The molecule has 0 radical (unpaired) electrons. The van der Waals surface area contributed by atoms with Crippen LogP contribution in [0.4, 0.5) is 0 Å². The summed E-state index contributed by atoms with van der Waals surface area (Å²) in [6, 6.07) is -0.798. The Balaban J connectivity index is 2.06. The van der Waals surface area contributed by atoms with Gasteiger partial charge in [-0.25, -0.2) is 0 Å². The van der Waals surface area contributed by atoms with Crippen molar-refractivity contribution in [1.29, 1.82) is 0 Å². The van der Waals surface area contributed by atoms with Crippen molar-refractivity contribution >= 4 is 5.91 Å². The Bertz CT molecular complexity index is 1030. The fraction of sp³-hybridized carbons (Fsp3) is 0.946. The molecule has 1 heterocycles. The molecule has 9 nitrogen and oxygen atoms in total. The number of aliphatic hydroxyl groups is 5. The first-order chi connectivity index (χ1) is 31.8. The maximum atomic E-state index is 13.0. The van der Waals surface area contributed by atoms with Gasteiger partial charge in [0.15, 0.2) is 6.29 Å². The van der Waals surface area contributed by atoms with E-state index >= 15 is 0 Å². The first-order valence-electron chi connectivity index (χ1n) is 28.4. The molecule has 6 N–H and O–H groups in total. The van der Waals surface area contributed by atoms with Gasteiger partial charge in [0.05, 0.1) is 25.4 Å². The predicted molar refractivity (Wildman–Crippen MR) is 272 cm³/mol. The van der Waals surface area contributed by atoms with E-state index in [0.29, 0.717) is 6.42 Å². The van der Waals surface area contributed by atoms with E-state index in [0.717, 1.165) is 38.5 Å². The molecule has 0 aromatic rings. The van der Waals surface area contributed by atoms with Crippen molar-refractivity contribution < 1.29 is 39.8 Å². The molecule has 0 bridgehead atoms. The number of carbonyl (C=O) groups excluding carboxylic acids is 1. The van der Waals surface area contributed by atoms with Crippen LogP contribution in [-0.2, 0) is 14.3 Å². The van der Waals surface area contributed by atoms with E-state index < -0.39 is 49.5 Å². The van der Waals surface area contributed by atoms with Gasteiger partial charge in [-0.3, -0.25) is 4.79 Å². The summed E-state index contributed by atoms with van der Waals surface area (Å²) in [5.74, 6) is -0.173. The zero-order chi connectivity index (χ0) is 47.3. The van der Waals surface area contributed by atoms with Crippen LogP contribution in [0.5, 0.6) is 0 Å². The molecule has 1 aliphatic heterocycles. The lowest BCUT2D eigenvalue weighted by Gasteiger charge is -2.40. The Labute approximate surface area is 401 Å². The minimum Gasteiger partial charge on any atom is -0.394 e. The van der Waals surface area contributed by atoms with Gasteiger partial charge in [-0.05, 0) is 19.3 Å². The second-order valence-electron chi connectivity index (χ2n) is 20.1. The first-order valence-corrected chi connectivity index (χ1v) is 28.4. The molecule has 65 heavy (non-hydrogen) atoms. The highest BCUT2D eigenvalue weighted by molar-refractivity contribution is 5.76. The van der Waals surface area contributed by atoms with Crippen molar-refractivity contribution in [2.45, 2.75) is 326 Å². The summed E-state index contributed by atoms with van der Waals surface area (Å²) in [6.07, 6.45) is 50.3. The van der Waals surface area contributed by atoms with Crippen LogP contribution in [-0.4, -0.2) is 87.5 Å². The number of ether oxygens (including phenoxy) is 2. The molecular weight excluding hydrogens is 815 g/mol. The number of hydrogen-bond acceptors (Lipinski definition) is 8. The summed E-state index contributed by atoms with van der Waals surface area (Å²) in [5, 5.41) is 54.2. The quantitative estimate of drug-likeness (QED) is 0.0261. The molecular formula is C56H109NO8. The van der Waals surface area contributed by atoms with Crippen LogP contribution in [0.3, 0.4) is 0 Å². The lowest BCUT2D eigenvalue weighted by atomic mass is 9.99. The highest BCUT2D eigenvalue weighted by Gasteiger charge is 2.44. The summed E-state index contributed by atoms with van der Waals surface area (Å²) < 4.78 is 11.2. The van der Waals surface area contributed by atoms with Gasteiger partial charge in [0.1, 0.15) is 24.4 Å². The molecule has 0 aromatic carbocycles. The summed E-state index contributed by atoms with van der Waals surface area (Å²) >= 11 is 0. The van der Waals surface area contributed by atoms with Crippen molar-refractivity contribution in [3.8, 4) is 0 Å². The topological polar surface area (TPSA) is 149 Å². The maximum absolute atomic E-state index is 13.0. The Hall–Kier alpha value is -1.07. The SMILES string of the molecule is CCCCCCCCCC/C=C/[C@@H](O)[C@H](CO[C@@H]1O[C@H](CO)[C@H](O)C(O)C1O)NC(=O)CCCCCCCCCCCCCCCCCCCCCCCCCCCCCCCCCC.